The van der Waals surface area contributed by atoms with Gasteiger partial charge >= 0.3 is 0 Å². The normalized spacial score (nSPS) is 16.9. The van der Waals surface area contributed by atoms with Crippen molar-refractivity contribution in [3.05, 3.63) is 58.7 Å². The van der Waals surface area contributed by atoms with E-state index in [1.165, 1.54) is 16.7 Å². The van der Waals surface area contributed by atoms with E-state index in [1.807, 2.05) is 17.0 Å². The van der Waals surface area contributed by atoms with Gasteiger partial charge in [-0.25, -0.2) is 0 Å². The number of hydrogen-bond acceptors (Lipinski definition) is 3. The molecule has 25 heavy (non-hydrogen) atoms. The van der Waals surface area contributed by atoms with Crippen molar-refractivity contribution < 1.29 is 9.53 Å². The van der Waals surface area contributed by atoms with Crippen molar-refractivity contribution in [2.24, 2.45) is 0 Å². The second kappa shape index (κ2) is 6.52. The Labute approximate surface area is 149 Å². The summed E-state index contributed by atoms with van der Waals surface area (Å²) in [5.74, 6) is 0.0931. The molecule has 0 saturated carbocycles. The van der Waals surface area contributed by atoms with Crippen molar-refractivity contribution in [2.45, 2.75) is 20.3 Å². The van der Waals surface area contributed by atoms with Gasteiger partial charge in [-0.05, 0) is 67.3 Å². The number of ether oxygens (including phenoxy) is 1. The molecule has 0 bridgehead atoms. The largest absolute Gasteiger partial charge is 0.378 e. The van der Waals surface area contributed by atoms with E-state index in [0.717, 1.165) is 56.2 Å². The lowest BCUT2D eigenvalue weighted by Crippen LogP contribution is -2.36. The van der Waals surface area contributed by atoms with Crippen LogP contribution in [0.2, 0.25) is 0 Å². The number of hydrogen-bond donors (Lipinski definition) is 0. The van der Waals surface area contributed by atoms with E-state index >= 15 is 0 Å². The molecule has 0 aromatic heterocycles. The minimum atomic E-state index is 0.0931. The Morgan fingerprint density at radius 2 is 1.64 bits per heavy atom. The zero-order valence-corrected chi connectivity index (χ0v) is 14.9. The summed E-state index contributed by atoms with van der Waals surface area (Å²) in [5.41, 5.74) is 6.80. The van der Waals surface area contributed by atoms with Crippen LogP contribution in [-0.4, -0.2) is 38.8 Å². The third kappa shape index (κ3) is 3.02. The molecule has 130 valence electrons. The fourth-order valence-electron chi connectivity index (χ4n) is 3.67. The van der Waals surface area contributed by atoms with Crippen LogP contribution in [0.1, 0.15) is 27.0 Å². The third-order valence-electron chi connectivity index (χ3n) is 5.33. The van der Waals surface area contributed by atoms with Crippen LogP contribution in [-0.2, 0) is 11.2 Å². The first kappa shape index (κ1) is 16.2. The second-order valence-corrected chi connectivity index (χ2v) is 6.92. The molecular weight excluding hydrogens is 312 g/mol. The van der Waals surface area contributed by atoms with Gasteiger partial charge in [-0.1, -0.05) is 6.07 Å². The highest BCUT2D eigenvalue weighted by Crippen LogP contribution is 2.32. The summed E-state index contributed by atoms with van der Waals surface area (Å²) in [6.45, 7) is 8.35. The second-order valence-electron chi connectivity index (χ2n) is 6.92. The van der Waals surface area contributed by atoms with Gasteiger partial charge in [-0.15, -0.1) is 0 Å². The van der Waals surface area contributed by atoms with Gasteiger partial charge in [0, 0.05) is 36.6 Å². The first-order chi connectivity index (χ1) is 12.1. The minimum absolute atomic E-state index is 0.0931. The molecule has 0 radical (unpaired) electrons. The van der Waals surface area contributed by atoms with Crippen LogP contribution in [0.15, 0.2) is 36.4 Å². The van der Waals surface area contributed by atoms with E-state index in [9.17, 15) is 4.79 Å². The van der Waals surface area contributed by atoms with E-state index in [4.69, 9.17) is 4.74 Å². The molecule has 0 N–H and O–H groups in total. The predicted octanol–water partition coefficient (Wildman–Crippen LogP) is 3.34. The van der Waals surface area contributed by atoms with Crippen molar-refractivity contribution >= 4 is 17.3 Å². The quantitative estimate of drug-likeness (QED) is 0.843. The van der Waals surface area contributed by atoms with Gasteiger partial charge in [0.15, 0.2) is 0 Å². The first-order valence-electron chi connectivity index (χ1n) is 8.98. The molecule has 2 aromatic rings. The Bertz CT molecular complexity index is 792. The standard InChI is InChI=1S/C21H24N2O2/c1-15-13-18-7-8-23(20(18)14-16(15)2)21(24)17-3-5-19(6-4-17)22-9-11-25-12-10-22/h3-6,13-14H,7-12H2,1-2H3. The molecular formula is C21H24N2O2. The average molecular weight is 336 g/mol. The zero-order valence-electron chi connectivity index (χ0n) is 14.9. The Morgan fingerprint density at radius 1 is 0.960 bits per heavy atom. The van der Waals surface area contributed by atoms with Crippen molar-refractivity contribution in [1.29, 1.82) is 0 Å². The molecule has 0 aliphatic carbocycles. The summed E-state index contributed by atoms with van der Waals surface area (Å²) >= 11 is 0. The lowest BCUT2D eigenvalue weighted by molar-refractivity contribution is 0.0989. The Kier molecular flexibility index (Phi) is 4.22. The molecule has 2 heterocycles. The maximum absolute atomic E-state index is 13.0. The maximum atomic E-state index is 13.0. The number of nitrogens with zero attached hydrogens (tertiary/aromatic N) is 2. The van der Waals surface area contributed by atoms with Crippen LogP contribution in [0.3, 0.4) is 0 Å². The van der Waals surface area contributed by atoms with Crippen LogP contribution < -0.4 is 9.80 Å². The number of amides is 1. The van der Waals surface area contributed by atoms with Crippen molar-refractivity contribution in [3.8, 4) is 0 Å². The van der Waals surface area contributed by atoms with E-state index in [1.54, 1.807) is 0 Å². The smallest absolute Gasteiger partial charge is 0.258 e. The molecule has 2 aliphatic rings. The highest BCUT2D eigenvalue weighted by atomic mass is 16.5. The number of benzene rings is 2. The van der Waals surface area contributed by atoms with Gasteiger partial charge < -0.3 is 14.5 Å². The molecule has 0 spiro atoms. The molecule has 0 atom stereocenters. The fourth-order valence-corrected chi connectivity index (χ4v) is 3.67. The van der Waals surface area contributed by atoms with Gasteiger partial charge in [0.25, 0.3) is 5.91 Å². The molecule has 0 unspecified atom stereocenters. The number of morpholine rings is 1. The van der Waals surface area contributed by atoms with Crippen molar-refractivity contribution in [3.63, 3.8) is 0 Å². The molecule has 4 nitrogen and oxygen atoms in total. The summed E-state index contributed by atoms with van der Waals surface area (Å²) in [6.07, 6.45) is 0.939. The van der Waals surface area contributed by atoms with E-state index in [0.29, 0.717) is 0 Å². The van der Waals surface area contributed by atoms with Gasteiger partial charge in [0.05, 0.1) is 13.2 Å². The number of anilines is 2. The fraction of sp³-hybridized carbons (Fsp3) is 0.381. The lowest BCUT2D eigenvalue weighted by atomic mass is 10.0. The summed E-state index contributed by atoms with van der Waals surface area (Å²) in [5, 5.41) is 0. The molecule has 1 amide bonds. The lowest BCUT2D eigenvalue weighted by Gasteiger charge is -2.29. The number of fused-ring (bicyclic) bond motifs is 1. The van der Waals surface area contributed by atoms with E-state index in [2.05, 4.69) is 43.0 Å². The number of carbonyl (C=O) groups is 1. The van der Waals surface area contributed by atoms with Gasteiger partial charge in [-0.3, -0.25) is 4.79 Å². The number of carbonyl (C=O) groups excluding carboxylic acids is 1. The third-order valence-corrected chi connectivity index (χ3v) is 5.33. The topological polar surface area (TPSA) is 32.8 Å². The van der Waals surface area contributed by atoms with Crippen LogP contribution >= 0.6 is 0 Å². The molecule has 2 aliphatic heterocycles. The van der Waals surface area contributed by atoms with E-state index < -0.39 is 0 Å². The van der Waals surface area contributed by atoms with E-state index in [-0.39, 0.29) is 5.91 Å². The first-order valence-corrected chi connectivity index (χ1v) is 8.98. The highest BCUT2D eigenvalue weighted by Gasteiger charge is 2.26. The zero-order chi connectivity index (χ0) is 17.4. The van der Waals surface area contributed by atoms with Crippen LogP contribution in [0, 0.1) is 13.8 Å². The highest BCUT2D eigenvalue weighted by molar-refractivity contribution is 6.07. The summed E-state index contributed by atoms with van der Waals surface area (Å²) in [7, 11) is 0. The average Bonchev–Trinajstić information content (AvgIpc) is 3.05. The number of aryl methyl sites for hydroxylation is 2. The molecule has 1 saturated heterocycles. The molecule has 4 heteroatoms. The monoisotopic (exact) mass is 336 g/mol. The Morgan fingerprint density at radius 3 is 2.36 bits per heavy atom. The molecule has 4 rings (SSSR count). The van der Waals surface area contributed by atoms with Crippen LogP contribution in [0.25, 0.3) is 0 Å². The van der Waals surface area contributed by atoms with Crippen LogP contribution in [0.5, 0.6) is 0 Å². The van der Waals surface area contributed by atoms with Crippen LogP contribution in [0.4, 0.5) is 11.4 Å². The van der Waals surface area contributed by atoms with Gasteiger partial charge in [0.1, 0.15) is 0 Å². The van der Waals surface area contributed by atoms with Gasteiger partial charge in [-0.2, -0.15) is 0 Å². The SMILES string of the molecule is Cc1cc2c(cc1C)N(C(=O)c1ccc(N3CCOCC3)cc1)CC2. The van der Waals surface area contributed by atoms with Gasteiger partial charge in [0.2, 0.25) is 0 Å². The summed E-state index contributed by atoms with van der Waals surface area (Å²) in [4.78, 5) is 17.2. The maximum Gasteiger partial charge on any atom is 0.258 e. The Balaban J connectivity index is 1.55. The summed E-state index contributed by atoms with van der Waals surface area (Å²) < 4.78 is 5.40. The Hall–Kier alpha value is -2.33. The van der Waals surface area contributed by atoms with Crippen molar-refractivity contribution in [1.82, 2.24) is 0 Å². The minimum Gasteiger partial charge on any atom is -0.378 e. The molecule has 1 fully saturated rings. The number of rotatable bonds is 2. The predicted molar refractivity (Wildman–Crippen MR) is 101 cm³/mol. The van der Waals surface area contributed by atoms with Crippen molar-refractivity contribution in [2.75, 3.05) is 42.6 Å². The molecule has 2 aromatic carbocycles. The summed E-state index contributed by atoms with van der Waals surface area (Å²) in [6, 6.07) is 12.4.